The number of H-pyrrole nitrogens is 1. The number of Topliss-reactive ketones (excluding diaryl/α,β-unsaturated/α-hetero) is 1. The summed E-state index contributed by atoms with van der Waals surface area (Å²) in [4.78, 5) is 11.0. The smallest absolute Gasteiger partial charge is 0.241 e. The second-order valence-electron chi connectivity index (χ2n) is 1.89. The van der Waals surface area contributed by atoms with Gasteiger partial charge in [0.25, 0.3) is 0 Å². The highest BCUT2D eigenvalue weighted by Crippen LogP contribution is 1.90. The summed E-state index contributed by atoms with van der Waals surface area (Å²) in [5.74, 6) is -0.632. The number of tetrazole rings is 1. The van der Waals surface area contributed by atoms with E-state index >= 15 is 0 Å². The van der Waals surface area contributed by atoms with Crippen molar-refractivity contribution in [2.75, 3.05) is 6.61 Å². The molecule has 0 amide bonds. The van der Waals surface area contributed by atoms with Crippen LogP contribution >= 0.6 is 0 Å². The first kappa shape index (κ1) is 7.76. The van der Waals surface area contributed by atoms with Gasteiger partial charge in [0.1, 0.15) is 0 Å². The van der Waals surface area contributed by atoms with Gasteiger partial charge in [0, 0.05) is 0 Å². The van der Waals surface area contributed by atoms with Crippen molar-refractivity contribution in [3.8, 4) is 0 Å². The lowest BCUT2D eigenvalue weighted by molar-refractivity contribution is 0.0915. The Hall–Kier alpha value is -1.34. The molecule has 1 heterocycles. The molecule has 0 saturated carbocycles. The number of carbonyl (C=O) groups excluding carboxylic acids is 1. The summed E-state index contributed by atoms with van der Waals surface area (Å²) in [6, 6.07) is -0.965. The largest absolute Gasteiger partial charge is 0.394 e. The van der Waals surface area contributed by atoms with Crippen molar-refractivity contribution >= 4 is 5.78 Å². The number of aliphatic hydroxyl groups excluding tert-OH is 1. The zero-order valence-corrected chi connectivity index (χ0v) is 5.56. The highest BCUT2D eigenvalue weighted by molar-refractivity contribution is 5.96. The third-order valence-corrected chi connectivity index (χ3v) is 1.10. The van der Waals surface area contributed by atoms with Gasteiger partial charge < -0.3 is 10.8 Å². The van der Waals surface area contributed by atoms with Crippen LogP contribution in [0.5, 0.6) is 0 Å². The molecule has 7 heteroatoms. The highest BCUT2D eigenvalue weighted by Gasteiger charge is 2.18. The van der Waals surface area contributed by atoms with Gasteiger partial charge in [-0.25, -0.2) is 0 Å². The first-order valence-electron chi connectivity index (χ1n) is 2.90. The molecule has 1 rings (SSSR count). The zero-order chi connectivity index (χ0) is 8.27. The van der Waals surface area contributed by atoms with E-state index in [2.05, 4.69) is 20.6 Å². The zero-order valence-electron chi connectivity index (χ0n) is 5.56. The van der Waals surface area contributed by atoms with E-state index in [1.807, 2.05) is 0 Å². The highest BCUT2D eigenvalue weighted by atomic mass is 16.3. The predicted molar refractivity (Wildman–Crippen MR) is 33.6 cm³/mol. The Bertz CT molecular complexity index is 233. The third-order valence-electron chi connectivity index (χ3n) is 1.10. The van der Waals surface area contributed by atoms with Gasteiger partial charge in [0.15, 0.2) is 0 Å². The number of hydrogen-bond acceptors (Lipinski definition) is 6. The second kappa shape index (κ2) is 3.17. The minimum Gasteiger partial charge on any atom is -0.394 e. The van der Waals surface area contributed by atoms with Crippen molar-refractivity contribution in [1.29, 1.82) is 0 Å². The van der Waals surface area contributed by atoms with Crippen molar-refractivity contribution in [2.24, 2.45) is 5.73 Å². The molecule has 0 saturated heterocycles. The Labute approximate surface area is 61.6 Å². The maximum atomic E-state index is 11.0. The Balaban J connectivity index is 2.70. The van der Waals surface area contributed by atoms with Gasteiger partial charge in [0.05, 0.1) is 12.6 Å². The van der Waals surface area contributed by atoms with Crippen molar-refractivity contribution in [2.45, 2.75) is 6.04 Å². The molecule has 0 radical (unpaired) electrons. The molecular weight excluding hydrogens is 150 g/mol. The molecule has 0 aliphatic rings. The molecule has 1 aromatic heterocycles. The molecular formula is C4H7N5O2. The number of hydrogen-bond donors (Lipinski definition) is 3. The minimum atomic E-state index is -0.965. The summed E-state index contributed by atoms with van der Waals surface area (Å²) in [6.45, 7) is -0.423. The number of nitrogens with one attached hydrogen (secondary N) is 1. The molecule has 1 unspecified atom stereocenters. The Kier molecular flexibility index (Phi) is 2.24. The number of rotatable bonds is 3. The normalized spacial score (nSPS) is 12.9. The molecule has 0 spiro atoms. The van der Waals surface area contributed by atoms with Crippen LogP contribution in [0.1, 0.15) is 10.6 Å². The van der Waals surface area contributed by atoms with Gasteiger partial charge in [-0.15, -0.1) is 10.2 Å². The van der Waals surface area contributed by atoms with Crippen LogP contribution in [0, 0.1) is 0 Å². The molecule has 0 bridgehead atoms. The van der Waals surface area contributed by atoms with Crippen LogP contribution in [-0.2, 0) is 0 Å². The molecule has 0 aromatic carbocycles. The van der Waals surface area contributed by atoms with Crippen molar-refractivity contribution < 1.29 is 9.90 Å². The van der Waals surface area contributed by atoms with E-state index in [-0.39, 0.29) is 5.82 Å². The number of aromatic nitrogens is 4. The molecule has 0 fully saturated rings. The lowest BCUT2D eigenvalue weighted by atomic mass is 10.2. The fourth-order valence-electron chi connectivity index (χ4n) is 0.515. The average molecular weight is 157 g/mol. The second-order valence-corrected chi connectivity index (χ2v) is 1.89. The van der Waals surface area contributed by atoms with Crippen LogP contribution in [0.2, 0.25) is 0 Å². The topological polar surface area (TPSA) is 118 Å². The Morgan fingerprint density at radius 3 is 3.00 bits per heavy atom. The summed E-state index contributed by atoms with van der Waals surface area (Å²) in [6.07, 6.45) is 0. The van der Waals surface area contributed by atoms with Gasteiger partial charge in [0.2, 0.25) is 11.6 Å². The molecule has 11 heavy (non-hydrogen) atoms. The van der Waals surface area contributed by atoms with Crippen LogP contribution in [-0.4, -0.2) is 44.2 Å². The first-order chi connectivity index (χ1) is 5.25. The van der Waals surface area contributed by atoms with Crippen molar-refractivity contribution in [3.05, 3.63) is 5.82 Å². The van der Waals surface area contributed by atoms with Gasteiger partial charge in [-0.2, -0.15) is 5.21 Å². The SMILES string of the molecule is NC(CO)C(=O)c1nn[nH]n1. The van der Waals surface area contributed by atoms with E-state index in [1.54, 1.807) is 0 Å². The van der Waals surface area contributed by atoms with E-state index in [0.717, 1.165) is 0 Å². The van der Waals surface area contributed by atoms with E-state index in [9.17, 15) is 4.79 Å². The van der Waals surface area contributed by atoms with Crippen LogP contribution in [0.4, 0.5) is 0 Å². The summed E-state index contributed by atoms with van der Waals surface area (Å²) < 4.78 is 0. The molecule has 0 aliphatic carbocycles. The van der Waals surface area contributed by atoms with Crippen molar-refractivity contribution in [1.82, 2.24) is 20.6 Å². The maximum Gasteiger partial charge on any atom is 0.241 e. The monoisotopic (exact) mass is 157 g/mol. The summed E-state index contributed by atoms with van der Waals surface area (Å²) in [5, 5.41) is 20.5. The molecule has 7 nitrogen and oxygen atoms in total. The number of aliphatic hydroxyl groups is 1. The molecule has 0 aliphatic heterocycles. The number of carbonyl (C=O) groups is 1. The van der Waals surface area contributed by atoms with Crippen LogP contribution < -0.4 is 5.73 Å². The standard InChI is InChI=1S/C4H7N5O2/c5-2(1-10)3(11)4-6-8-9-7-4/h2,10H,1,5H2,(H,6,7,8,9). The number of nitrogens with two attached hydrogens (primary N) is 1. The average Bonchev–Trinajstić information content (AvgIpc) is 2.53. The van der Waals surface area contributed by atoms with Crippen LogP contribution in [0.15, 0.2) is 0 Å². The summed E-state index contributed by atoms with van der Waals surface area (Å²) in [5.41, 5.74) is 5.19. The Morgan fingerprint density at radius 1 is 1.82 bits per heavy atom. The number of ketones is 1. The maximum absolute atomic E-state index is 11.0. The van der Waals surface area contributed by atoms with Gasteiger partial charge in [-0.05, 0) is 5.21 Å². The van der Waals surface area contributed by atoms with Crippen molar-refractivity contribution in [3.63, 3.8) is 0 Å². The molecule has 4 N–H and O–H groups in total. The fraction of sp³-hybridized carbons (Fsp3) is 0.500. The first-order valence-corrected chi connectivity index (χ1v) is 2.90. The Morgan fingerprint density at radius 2 is 2.55 bits per heavy atom. The number of aromatic amines is 1. The van der Waals surface area contributed by atoms with E-state index in [4.69, 9.17) is 10.8 Å². The fourth-order valence-corrected chi connectivity index (χ4v) is 0.515. The third kappa shape index (κ3) is 1.57. The van der Waals surface area contributed by atoms with E-state index < -0.39 is 18.4 Å². The minimum absolute atomic E-state index is 0.105. The summed E-state index contributed by atoms with van der Waals surface area (Å²) in [7, 11) is 0. The van der Waals surface area contributed by atoms with Gasteiger partial charge in [-0.1, -0.05) is 0 Å². The van der Waals surface area contributed by atoms with Gasteiger partial charge in [-0.3, -0.25) is 4.79 Å². The summed E-state index contributed by atoms with van der Waals surface area (Å²) >= 11 is 0. The molecule has 1 aromatic rings. The van der Waals surface area contributed by atoms with Crippen LogP contribution in [0.3, 0.4) is 0 Å². The van der Waals surface area contributed by atoms with E-state index in [0.29, 0.717) is 0 Å². The van der Waals surface area contributed by atoms with Gasteiger partial charge >= 0.3 is 0 Å². The lowest BCUT2D eigenvalue weighted by Gasteiger charge is -2.00. The van der Waals surface area contributed by atoms with Crippen LogP contribution in [0.25, 0.3) is 0 Å². The quantitative estimate of drug-likeness (QED) is 0.425. The molecule has 60 valence electrons. The van der Waals surface area contributed by atoms with E-state index in [1.165, 1.54) is 0 Å². The number of nitrogens with zero attached hydrogens (tertiary/aromatic N) is 3. The molecule has 1 atom stereocenters. The lowest BCUT2D eigenvalue weighted by Crippen LogP contribution is -2.34. The predicted octanol–water partition coefficient (Wildman–Crippen LogP) is -2.30.